The maximum absolute atomic E-state index is 5.36. The van der Waals surface area contributed by atoms with Crippen LogP contribution in [0, 0.1) is 5.41 Å². The number of ether oxygens (including phenoxy) is 1. The fourth-order valence-corrected chi connectivity index (χ4v) is 1.89. The Labute approximate surface area is 85.0 Å². The summed E-state index contributed by atoms with van der Waals surface area (Å²) in [6, 6.07) is 0. The van der Waals surface area contributed by atoms with Gasteiger partial charge in [0.15, 0.2) is 0 Å². The summed E-state index contributed by atoms with van der Waals surface area (Å²) in [7, 11) is 0. The molecule has 0 aliphatic rings. The van der Waals surface area contributed by atoms with Crippen LogP contribution in [-0.2, 0) is 4.74 Å². The van der Waals surface area contributed by atoms with Crippen LogP contribution in [0.15, 0.2) is 0 Å². The lowest BCUT2D eigenvalue weighted by atomic mass is 9.85. The first kappa shape index (κ1) is 12.4. The third-order valence-corrected chi connectivity index (χ3v) is 3.58. The Bertz CT molecular complexity index is 106. The normalized spacial score (nSPS) is 16.0. The number of hydrogen-bond donors (Lipinski definition) is 0. The molecule has 0 bridgehead atoms. The average molecular weight is 237 g/mol. The molecule has 0 aliphatic carbocycles. The van der Waals surface area contributed by atoms with Crippen molar-refractivity contribution in [2.75, 3.05) is 18.5 Å². The first-order valence-corrected chi connectivity index (χ1v) is 5.94. The van der Waals surface area contributed by atoms with Gasteiger partial charge in [0.05, 0.1) is 0 Å². The van der Waals surface area contributed by atoms with E-state index in [1.165, 1.54) is 19.3 Å². The summed E-state index contributed by atoms with van der Waals surface area (Å²) in [5, 5.41) is 1.08. The molecule has 0 rings (SSSR count). The quantitative estimate of drug-likeness (QED) is 0.485. The van der Waals surface area contributed by atoms with Crippen molar-refractivity contribution >= 4 is 15.9 Å². The predicted molar refractivity (Wildman–Crippen MR) is 57.9 cm³/mol. The molecule has 0 aliphatic heterocycles. The molecule has 12 heavy (non-hydrogen) atoms. The van der Waals surface area contributed by atoms with Gasteiger partial charge in [-0.3, -0.25) is 0 Å². The highest BCUT2D eigenvalue weighted by atomic mass is 79.9. The van der Waals surface area contributed by atoms with E-state index in [4.69, 9.17) is 4.74 Å². The Kier molecular flexibility index (Phi) is 7.16. The Balaban J connectivity index is 3.63. The van der Waals surface area contributed by atoms with E-state index in [0.717, 1.165) is 18.5 Å². The van der Waals surface area contributed by atoms with Gasteiger partial charge in [-0.05, 0) is 25.2 Å². The maximum atomic E-state index is 5.36. The van der Waals surface area contributed by atoms with E-state index < -0.39 is 0 Å². The number of hydrogen-bond acceptors (Lipinski definition) is 1. The van der Waals surface area contributed by atoms with Gasteiger partial charge < -0.3 is 4.74 Å². The van der Waals surface area contributed by atoms with E-state index in [9.17, 15) is 0 Å². The first-order chi connectivity index (χ1) is 5.68. The van der Waals surface area contributed by atoms with Crippen molar-refractivity contribution in [3.05, 3.63) is 0 Å². The molecule has 0 N–H and O–H groups in total. The predicted octanol–water partition coefficient (Wildman–Crippen LogP) is 3.61. The van der Waals surface area contributed by atoms with Gasteiger partial charge in [0.25, 0.3) is 0 Å². The number of halogens is 1. The van der Waals surface area contributed by atoms with Crippen molar-refractivity contribution in [1.29, 1.82) is 0 Å². The first-order valence-electron chi connectivity index (χ1n) is 4.82. The monoisotopic (exact) mass is 236 g/mol. The van der Waals surface area contributed by atoms with E-state index in [-0.39, 0.29) is 0 Å². The van der Waals surface area contributed by atoms with E-state index in [1.807, 2.05) is 6.92 Å². The van der Waals surface area contributed by atoms with Gasteiger partial charge in [-0.25, -0.2) is 0 Å². The van der Waals surface area contributed by atoms with Crippen LogP contribution in [0.1, 0.15) is 40.0 Å². The third kappa shape index (κ3) is 5.15. The Hall–Kier alpha value is 0.440. The lowest BCUT2D eigenvalue weighted by Gasteiger charge is -2.26. The molecule has 0 aromatic heterocycles. The van der Waals surface area contributed by atoms with Crippen LogP contribution < -0.4 is 0 Å². The minimum Gasteiger partial charge on any atom is -0.382 e. The Morgan fingerprint density at radius 2 is 1.92 bits per heavy atom. The fraction of sp³-hybridized carbons (Fsp3) is 1.00. The summed E-state index contributed by atoms with van der Waals surface area (Å²) in [5.74, 6) is 0. The Morgan fingerprint density at radius 3 is 2.33 bits per heavy atom. The molecule has 1 unspecified atom stereocenters. The zero-order chi connectivity index (χ0) is 9.45. The molecule has 0 saturated carbocycles. The zero-order valence-electron chi connectivity index (χ0n) is 8.53. The van der Waals surface area contributed by atoms with Crippen molar-refractivity contribution in [1.82, 2.24) is 0 Å². The highest BCUT2D eigenvalue weighted by Crippen LogP contribution is 2.29. The molecule has 0 fully saturated rings. The zero-order valence-corrected chi connectivity index (χ0v) is 10.1. The van der Waals surface area contributed by atoms with E-state index in [2.05, 4.69) is 29.8 Å². The largest absolute Gasteiger partial charge is 0.382 e. The summed E-state index contributed by atoms with van der Waals surface area (Å²) >= 11 is 3.57. The van der Waals surface area contributed by atoms with Crippen LogP contribution in [-0.4, -0.2) is 18.5 Å². The molecule has 1 atom stereocenters. The molecule has 0 aromatic carbocycles. The Morgan fingerprint density at radius 1 is 1.25 bits per heavy atom. The van der Waals surface area contributed by atoms with Crippen LogP contribution in [0.25, 0.3) is 0 Å². The molecule has 0 amide bonds. The van der Waals surface area contributed by atoms with Gasteiger partial charge in [0, 0.05) is 18.5 Å². The van der Waals surface area contributed by atoms with Crippen molar-refractivity contribution in [2.45, 2.75) is 40.0 Å². The van der Waals surface area contributed by atoms with Crippen LogP contribution in [0.4, 0.5) is 0 Å². The second-order valence-electron chi connectivity index (χ2n) is 3.64. The summed E-state index contributed by atoms with van der Waals surface area (Å²) in [6.45, 7) is 8.35. The summed E-state index contributed by atoms with van der Waals surface area (Å²) in [5.41, 5.74) is 0.434. The minimum absolute atomic E-state index is 0.434. The van der Waals surface area contributed by atoms with Gasteiger partial charge in [-0.2, -0.15) is 0 Å². The second-order valence-corrected chi connectivity index (χ2v) is 4.20. The standard InChI is InChI=1S/C10H21BrO/c1-4-6-10(3,9-11)7-8-12-5-2/h4-9H2,1-3H3. The van der Waals surface area contributed by atoms with E-state index >= 15 is 0 Å². The molecule has 0 saturated heterocycles. The smallest absolute Gasteiger partial charge is 0.0471 e. The number of alkyl halides is 1. The van der Waals surface area contributed by atoms with E-state index in [0.29, 0.717) is 5.41 Å². The molecule has 0 aromatic rings. The SMILES string of the molecule is CCCC(C)(CBr)CCOCC. The van der Waals surface area contributed by atoms with Crippen LogP contribution >= 0.6 is 15.9 Å². The van der Waals surface area contributed by atoms with E-state index in [1.54, 1.807) is 0 Å². The van der Waals surface area contributed by atoms with Crippen molar-refractivity contribution in [2.24, 2.45) is 5.41 Å². The van der Waals surface area contributed by atoms with Crippen molar-refractivity contribution < 1.29 is 4.74 Å². The van der Waals surface area contributed by atoms with Crippen LogP contribution in [0.5, 0.6) is 0 Å². The molecule has 2 heteroatoms. The van der Waals surface area contributed by atoms with Crippen LogP contribution in [0.3, 0.4) is 0 Å². The molecular weight excluding hydrogens is 216 g/mol. The summed E-state index contributed by atoms with van der Waals surface area (Å²) in [6.07, 6.45) is 3.71. The molecular formula is C10H21BrO. The summed E-state index contributed by atoms with van der Waals surface area (Å²) in [4.78, 5) is 0. The highest BCUT2D eigenvalue weighted by molar-refractivity contribution is 9.09. The lowest BCUT2D eigenvalue weighted by molar-refractivity contribution is 0.113. The molecule has 74 valence electrons. The third-order valence-electron chi connectivity index (χ3n) is 2.23. The van der Waals surface area contributed by atoms with Crippen molar-refractivity contribution in [3.8, 4) is 0 Å². The van der Waals surface area contributed by atoms with Gasteiger partial charge in [0.2, 0.25) is 0 Å². The average Bonchev–Trinajstić information content (AvgIpc) is 2.06. The molecule has 0 radical (unpaired) electrons. The lowest BCUT2D eigenvalue weighted by Crippen LogP contribution is -2.20. The van der Waals surface area contributed by atoms with Gasteiger partial charge in [-0.1, -0.05) is 36.2 Å². The van der Waals surface area contributed by atoms with Gasteiger partial charge >= 0.3 is 0 Å². The number of rotatable bonds is 7. The van der Waals surface area contributed by atoms with Gasteiger partial charge in [-0.15, -0.1) is 0 Å². The molecule has 0 heterocycles. The van der Waals surface area contributed by atoms with Crippen LogP contribution in [0.2, 0.25) is 0 Å². The molecule has 0 spiro atoms. The second kappa shape index (κ2) is 6.90. The maximum Gasteiger partial charge on any atom is 0.0471 e. The fourth-order valence-electron chi connectivity index (χ4n) is 1.33. The van der Waals surface area contributed by atoms with Crippen molar-refractivity contribution in [3.63, 3.8) is 0 Å². The topological polar surface area (TPSA) is 9.23 Å². The highest BCUT2D eigenvalue weighted by Gasteiger charge is 2.20. The minimum atomic E-state index is 0.434. The molecule has 1 nitrogen and oxygen atoms in total. The summed E-state index contributed by atoms with van der Waals surface area (Å²) < 4.78 is 5.36. The van der Waals surface area contributed by atoms with Gasteiger partial charge in [0.1, 0.15) is 0 Å².